The van der Waals surface area contributed by atoms with Crippen LogP contribution >= 0.6 is 0 Å². The molecule has 5 heteroatoms. The summed E-state index contributed by atoms with van der Waals surface area (Å²) >= 11 is 0. The monoisotopic (exact) mass is 441 g/mol. The Kier molecular flexibility index (Phi) is 6.61. The Balaban J connectivity index is 1.47. The van der Waals surface area contributed by atoms with E-state index in [2.05, 4.69) is 41.3 Å². The molecule has 1 fully saturated rings. The van der Waals surface area contributed by atoms with Gasteiger partial charge in [-0.25, -0.2) is 9.07 Å². The highest BCUT2D eigenvalue weighted by atomic mass is 19.1. The van der Waals surface area contributed by atoms with Crippen molar-refractivity contribution in [3.8, 4) is 28.1 Å². The Bertz CT molecular complexity index is 1180. The number of nitrogens with zero attached hydrogens (tertiary/aromatic N) is 3. The minimum absolute atomic E-state index is 0.232. The molecule has 0 radical (unpaired) electrons. The topological polar surface area (TPSA) is 30.3 Å². The van der Waals surface area contributed by atoms with E-state index in [9.17, 15) is 4.39 Å². The molecule has 0 unspecified atom stereocenters. The van der Waals surface area contributed by atoms with E-state index in [4.69, 9.17) is 9.84 Å². The third-order valence-electron chi connectivity index (χ3n) is 6.21. The maximum atomic E-state index is 14.9. The van der Waals surface area contributed by atoms with Crippen LogP contribution in [0.25, 0.3) is 28.1 Å². The van der Waals surface area contributed by atoms with E-state index in [1.54, 1.807) is 6.07 Å². The highest BCUT2D eigenvalue weighted by molar-refractivity contribution is 5.68. The van der Waals surface area contributed by atoms with Crippen LogP contribution in [0.1, 0.15) is 12.0 Å². The molecular weight excluding hydrogens is 413 g/mol. The lowest BCUT2D eigenvalue weighted by molar-refractivity contribution is 0.141. The summed E-state index contributed by atoms with van der Waals surface area (Å²) in [5, 5.41) is 4.70. The van der Waals surface area contributed by atoms with Gasteiger partial charge in [-0.3, -0.25) is 0 Å². The molecule has 4 aromatic rings. The van der Waals surface area contributed by atoms with Gasteiger partial charge in [-0.15, -0.1) is 0 Å². The summed E-state index contributed by atoms with van der Waals surface area (Å²) in [6.45, 7) is 4.47. The zero-order valence-electron chi connectivity index (χ0n) is 18.7. The van der Waals surface area contributed by atoms with Crippen molar-refractivity contribution < 1.29 is 9.13 Å². The van der Waals surface area contributed by atoms with E-state index in [1.165, 1.54) is 11.6 Å². The molecule has 5 rings (SSSR count). The average Bonchev–Trinajstić information content (AvgIpc) is 3.10. The second kappa shape index (κ2) is 10.1. The maximum Gasteiger partial charge on any atom is 0.132 e. The van der Waals surface area contributed by atoms with Gasteiger partial charge in [0.2, 0.25) is 0 Å². The first-order valence-corrected chi connectivity index (χ1v) is 11.6. The predicted octanol–water partition coefficient (Wildman–Crippen LogP) is 5.61. The van der Waals surface area contributed by atoms with E-state index in [-0.39, 0.29) is 5.82 Å². The van der Waals surface area contributed by atoms with Crippen molar-refractivity contribution in [2.75, 3.05) is 32.8 Å². The van der Waals surface area contributed by atoms with E-state index in [1.807, 2.05) is 41.2 Å². The predicted molar refractivity (Wildman–Crippen MR) is 130 cm³/mol. The van der Waals surface area contributed by atoms with E-state index < -0.39 is 0 Å². The summed E-state index contributed by atoms with van der Waals surface area (Å²) in [6, 6.07) is 25.5. The average molecular weight is 442 g/mol. The molecule has 168 valence electrons. The van der Waals surface area contributed by atoms with Crippen molar-refractivity contribution in [1.29, 1.82) is 0 Å². The Morgan fingerprint density at radius 2 is 1.58 bits per heavy atom. The summed E-state index contributed by atoms with van der Waals surface area (Å²) in [5.74, 6) is -0.232. The van der Waals surface area contributed by atoms with E-state index in [0.717, 1.165) is 68.2 Å². The molecule has 0 spiro atoms. The molecule has 0 atom stereocenters. The molecule has 1 aliphatic rings. The fourth-order valence-electron chi connectivity index (χ4n) is 4.43. The third kappa shape index (κ3) is 4.90. The molecular formula is C28H28FN3O. The Morgan fingerprint density at radius 3 is 2.39 bits per heavy atom. The fraction of sp³-hybridized carbons (Fsp3) is 0.250. The van der Waals surface area contributed by atoms with Gasteiger partial charge in [0.15, 0.2) is 0 Å². The van der Waals surface area contributed by atoms with E-state index >= 15 is 0 Å². The minimum atomic E-state index is -0.232. The van der Waals surface area contributed by atoms with Crippen molar-refractivity contribution in [2.24, 2.45) is 0 Å². The maximum absolute atomic E-state index is 14.9. The second-order valence-corrected chi connectivity index (χ2v) is 8.38. The lowest BCUT2D eigenvalue weighted by atomic mass is 10.0. The van der Waals surface area contributed by atoms with Crippen molar-refractivity contribution in [1.82, 2.24) is 14.7 Å². The first kappa shape index (κ1) is 21.6. The van der Waals surface area contributed by atoms with Crippen LogP contribution in [0.15, 0.2) is 85.1 Å². The van der Waals surface area contributed by atoms with Crippen LogP contribution in [0.5, 0.6) is 0 Å². The van der Waals surface area contributed by atoms with Crippen molar-refractivity contribution in [3.05, 3.63) is 96.4 Å². The van der Waals surface area contributed by atoms with Crippen molar-refractivity contribution in [3.63, 3.8) is 0 Å². The Labute approximate surface area is 194 Å². The zero-order chi connectivity index (χ0) is 22.5. The Hall–Kier alpha value is -3.28. The molecule has 3 aromatic carbocycles. The van der Waals surface area contributed by atoms with Crippen LogP contribution in [-0.2, 0) is 11.2 Å². The number of benzene rings is 3. The quantitative estimate of drug-likeness (QED) is 0.390. The van der Waals surface area contributed by atoms with Gasteiger partial charge in [-0.1, -0.05) is 54.6 Å². The van der Waals surface area contributed by atoms with Crippen LogP contribution in [-0.4, -0.2) is 47.5 Å². The lowest BCUT2D eigenvalue weighted by Crippen LogP contribution is -2.28. The van der Waals surface area contributed by atoms with Crippen molar-refractivity contribution >= 4 is 0 Å². The number of ether oxygens (including phenoxy) is 1. The van der Waals surface area contributed by atoms with Gasteiger partial charge in [-0.2, -0.15) is 5.10 Å². The van der Waals surface area contributed by atoms with Gasteiger partial charge in [-0.05, 0) is 53.8 Å². The van der Waals surface area contributed by atoms with Crippen LogP contribution in [0.2, 0.25) is 0 Å². The second-order valence-electron chi connectivity index (χ2n) is 8.38. The largest absolute Gasteiger partial charge is 0.380 e. The van der Waals surface area contributed by atoms with Gasteiger partial charge < -0.3 is 9.64 Å². The molecule has 1 saturated heterocycles. The molecule has 4 nitrogen and oxygen atoms in total. The van der Waals surface area contributed by atoms with Gasteiger partial charge >= 0.3 is 0 Å². The van der Waals surface area contributed by atoms with E-state index in [0.29, 0.717) is 5.56 Å². The van der Waals surface area contributed by atoms with Crippen LogP contribution in [0.3, 0.4) is 0 Å². The first-order valence-electron chi connectivity index (χ1n) is 11.6. The molecule has 2 heterocycles. The molecule has 1 aromatic heterocycles. The molecule has 1 aliphatic heterocycles. The molecule has 0 N–H and O–H groups in total. The number of hydrogen-bond acceptors (Lipinski definition) is 3. The minimum Gasteiger partial charge on any atom is -0.380 e. The van der Waals surface area contributed by atoms with Gasteiger partial charge in [0.25, 0.3) is 0 Å². The Morgan fingerprint density at radius 1 is 0.818 bits per heavy atom. The molecule has 0 saturated carbocycles. The summed E-state index contributed by atoms with van der Waals surface area (Å²) < 4.78 is 22.3. The molecule has 0 amide bonds. The number of rotatable bonds is 6. The van der Waals surface area contributed by atoms with Crippen LogP contribution in [0, 0.1) is 5.82 Å². The number of halogens is 1. The molecule has 33 heavy (non-hydrogen) atoms. The zero-order valence-corrected chi connectivity index (χ0v) is 18.7. The summed E-state index contributed by atoms with van der Waals surface area (Å²) in [4.78, 5) is 2.42. The van der Waals surface area contributed by atoms with Gasteiger partial charge in [0, 0.05) is 31.8 Å². The lowest BCUT2D eigenvalue weighted by Gasteiger charge is -2.19. The number of aromatic nitrogens is 2. The highest BCUT2D eigenvalue weighted by Crippen LogP contribution is 2.30. The summed E-state index contributed by atoms with van der Waals surface area (Å²) in [6.07, 6.45) is 3.75. The normalized spacial score (nSPS) is 14.8. The molecule has 0 bridgehead atoms. The summed E-state index contributed by atoms with van der Waals surface area (Å²) in [5.41, 5.74) is 5.69. The smallest absolute Gasteiger partial charge is 0.132 e. The SMILES string of the molecule is Fc1ccccc1-c1c(CCN2CCCOCC2)cnn1-c1ccc(-c2ccccc2)cc1. The number of hydrogen-bond donors (Lipinski definition) is 0. The molecule has 0 aliphatic carbocycles. The van der Waals surface area contributed by atoms with Gasteiger partial charge in [0.1, 0.15) is 5.82 Å². The van der Waals surface area contributed by atoms with Crippen LogP contribution < -0.4 is 0 Å². The summed E-state index contributed by atoms with van der Waals surface area (Å²) in [7, 11) is 0. The fourth-order valence-corrected chi connectivity index (χ4v) is 4.43. The highest BCUT2D eigenvalue weighted by Gasteiger charge is 2.19. The first-order chi connectivity index (χ1) is 16.3. The van der Waals surface area contributed by atoms with Crippen LogP contribution in [0.4, 0.5) is 4.39 Å². The van der Waals surface area contributed by atoms with Crippen molar-refractivity contribution in [2.45, 2.75) is 12.8 Å². The standard InChI is InChI=1S/C28H28FN3O/c29-27-10-5-4-9-26(27)28-24(15-17-31-16-6-19-33-20-18-31)21-30-32(28)25-13-11-23(12-14-25)22-7-2-1-3-8-22/h1-5,7-14,21H,6,15-20H2. The third-order valence-corrected chi connectivity index (χ3v) is 6.21. The van der Waals surface area contributed by atoms with Gasteiger partial charge in [0.05, 0.1) is 24.2 Å².